The average Bonchev–Trinajstić information content (AvgIpc) is 2.89. The zero-order chi connectivity index (χ0) is 28.6. The summed E-state index contributed by atoms with van der Waals surface area (Å²) in [6, 6.07) is 10.4. The Bertz CT molecular complexity index is 1400. The maximum absolute atomic E-state index is 12.9. The van der Waals surface area contributed by atoms with Gasteiger partial charge in [-0.05, 0) is 24.3 Å². The van der Waals surface area contributed by atoms with Gasteiger partial charge in [-0.25, -0.2) is 4.98 Å². The minimum absolute atomic E-state index is 0. The molecule has 0 atom stereocenters. The standard InChI is InChI=1S/C27H33N5O8.Tb/c33-23(34)16-30-9-7-29(8-10-31(17-24(35)36)12-14-32(13-11-30)18-25(37)38)15-19-5-6-21-26(39)20-3-1-2-4-22(20)40-27(21)28-19;/h1-6H,7-18H2,(H,33,34)(H,35,36)(H,37,38);. The van der Waals surface area contributed by atoms with Crippen molar-refractivity contribution in [1.82, 2.24) is 24.6 Å². The van der Waals surface area contributed by atoms with Crippen molar-refractivity contribution < 1.29 is 72.7 Å². The Hall–Kier alpha value is -2.62. The summed E-state index contributed by atoms with van der Waals surface area (Å²) in [5, 5.41) is 29.0. The van der Waals surface area contributed by atoms with Crippen molar-refractivity contribution in [3.8, 4) is 0 Å². The number of carbonyl (C=O) groups is 3. The number of carboxylic acid groups (broad SMARTS) is 3. The van der Waals surface area contributed by atoms with Crippen molar-refractivity contribution in [3.05, 3.63) is 52.3 Å². The third-order valence-corrected chi connectivity index (χ3v) is 6.89. The van der Waals surface area contributed by atoms with Crippen molar-refractivity contribution in [2.24, 2.45) is 0 Å². The van der Waals surface area contributed by atoms with Gasteiger partial charge in [0, 0.05) is 97.5 Å². The number of aromatic nitrogens is 1. The second-order valence-electron chi connectivity index (χ2n) is 9.87. The van der Waals surface area contributed by atoms with Gasteiger partial charge in [-0.1, -0.05) is 12.1 Å². The van der Waals surface area contributed by atoms with E-state index in [4.69, 9.17) is 4.42 Å². The Morgan fingerprint density at radius 1 is 0.683 bits per heavy atom. The molecule has 0 unspecified atom stereocenters. The van der Waals surface area contributed by atoms with Crippen molar-refractivity contribution in [1.29, 1.82) is 0 Å². The van der Waals surface area contributed by atoms with E-state index >= 15 is 0 Å². The molecule has 0 bridgehead atoms. The van der Waals surface area contributed by atoms with Gasteiger partial charge in [-0.2, -0.15) is 0 Å². The van der Waals surface area contributed by atoms with E-state index in [1.54, 1.807) is 51.1 Å². The maximum atomic E-state index is 12.9. The fourth-order valence-corrected chi connectivity index (χ4v) is 4.82. The van der Waals surface area contributed by atoms with E-state index in [2.05, 4.69) is 9.88 Å². The van der Waals surface area contributed by atoms with E-state index in [9.17, 15) is 34.5 Å². The first kappa shape index (κ1) is 32.9. The zero-order valence-electron chi connectivity index (χ0n) is 22.4. The van der Waals surface area contributed by atoms with Crippen LogP contribution in [-0.4, -0.2) is 130 Å². The predicted molar refractivity (Wildman–Crippen MR) is 145 cm³/mol. The molecule has 1 saturated heterocycles. The molecule has 1 aliphatic rings. The second kappa shape index (κ2) is 15.6. The van der Waals surface area contributed by atoms with Gasteiger partial charge in [0.15, 0.2) is 0 Å². The molecule has 223 valence electrons. The Labute approximate surface area is 266 Å². The topological polar surface area (TPSA) is 168 Å². The third-order valence-electron chi connectivity index (χ3n) is 6.89. The van der Waals surface area contributed by atoms with Gasteiger partial charge in [-0.3, -0.25) is 38.8 Å². The van der Waals surface area contributed by atoms with Crippen LogP contribution in [0.3, 0.4) is 0 Å². The number of fused-ring (bicyclic) bond motifs is 2. The molecule has 0 saturated carbocycles. The Morgan fingerprint density at radius 3 is 1.63 bits per heavy atom. The van der Waals surface area contributed by atoms with E-state index in [0.717, 1.165) is 0 Å². The molecule has 1 fully saturated rings. The first-order valence-corrected chi connectivity index (χ1v) is 13.0. The van der Waals surface area contributed by atoms with Gasteiger partial charge in [0.2, 0.25) is 11.1 Å². The molecule has 0 amide bonds. The summed E-state index contributed by atoms with van der Waals surface area (Å²) in [6.45, 7) is 2.88. The van der Waals surface area contributed by atoms with Crippen molar-refractivity contribution >= 4 is 40.0 Å². The summed E-state index contributed by atoms with van der Waals surface area (Å²) in [5.74, 6) is -2.96. The molecule has 3 N–H and O–H groups in total. The maximum Gasteiger partial charge on any atom is 0.317 e. The third kappa shape index (κ3) is 9.72. The van der Waals surface area contributed by atoms with Crippen molar-refractivity contribution in [2.75, 3.05) is 72.0 Å². The molecule has 4 rings (SSSR count). The van der Waals surface area contributed by atoms with Gasteiger partial charge < -0.3 is 19.7 Å². The van der Waals surface area contributed by atoms with Crippen LogP contribution in [0.2, 0.25) is 0 Å². The number of pyridine rings is 1. The molecule has 1 radical (unpaired) electrons. The number of nitrogens with zero attached hydrogens (tertiary/aromatic N) is 5. The number of para-hydroxylation sites is 1. The van der Waals surface area contributed by atoms with Crippen LogP contribution in [0.5, 0.6) is 0 Å². The minimum Gasteiger partial charge on any atom is -0.480 e. The molecule has 1 aromatic carbocycles. The number of rotatable bonds is 8. The van der Waals surface area contributed by atoms with Gasteiger partial charge in [-0.15, -0.1) is 0 Å². The van der Waals surface area contributed by atoms with Crippen LogP contribution in [0.1, 0.15) is 5.69 Å². The van der Waals surface area contributed by atoms with Crippen LogP contribution in [0.15, 0.2) is 45.6 Å². The molecule has 3 heterocycles. The zero-order valence-corrected chi connectivity index (χ0v) is 24.5. The summed E-state index contributed by atoms with van der Waals surface area (Å²) in [6.07, 6.45) is 0. The largest absolute Gasteiger partial charge is 0.480 e. The molecular formula is C27H33N5O8Tb. The fourth-order valence-electron chi connectivity index (χ4n) is 4.82. The average molecular weight is 715 g/mol. The molecule has 2 aromatic heterocycles. The van der Waals surface area contributed by atoms with Gasteiger partial charge in [0.1, 0.15) is 5.58 Å². The minimum atomic E-state index is -1.00. The fraction of sp³-hybridized carbons (Fsp3) is 0.444. The van der Waals surface area contributed by atoms with E-state index in [1.807, 2.05) is 0 Å². The van der Waals surface area contributed by atoms with Crippen LogP contribution < -0.4 is 5.43 Å². The summed E-state index contributed by atoms with van der Waals surface area (Å²) in [7, 11) is 0. The van der Waals surface area contributed by atoms with Crippen LogP contribution >= 0.6 is 0 Å². The molecule has 0 aliphatic carbocycles. The van der Waals surface area contributed by atoms with Crippen LogP contribution in [0.25, 0.3) is 22.1 Å². The summed E-state index contributed by atoms with van der Waals surface area (Å²) >= 11 is 0. The molecule has 14 heteroatoms. The molecular weight excluding hydrogens is 681 g/mol. The second-order valence-corrected chi connectivity index (χ2v) is 9.87. The number of hydrogen-bond acceptors (Lipinski definition) is 10. The number of carboxylic acids is 3. The van der Waals surface area contributed by atoms with Crippen molar-refractivity contribution in [2.45, 2.75) is 6.54 Å². The first-order valence-electron chi connectivity index (χ1n) is 13.0. The number of aliphatic carboxylic acids is 3. The number of hydrogen-bond donors (Lipinski definition) is 3. The quantitative estimate of drug-likeness (QED) is 0.273. The number of benzene rings is 1. The van der Waals surface area contributed by atoms with Crippen LogP contribution in [0.4, 0.5) is 0 Å². The normalized spacial score (nSPS) is 17.0. The van der Waals surface area contributed by atoms with Gasteiger partial charge in [0.05, 0.1) is 36.1 Å². The molecule has 13 nitrogen and oxygen atoms in total. The van der Waals surface area contributed by atoms with Gasteiger partial charge in [0.25, 0.3) is 0 Å². The van der Waals surface area contributed by atoms with E-state index in [0.29, 0.717) is 81.0 Å². The van der Waals surface area contributed by atoms with E-state index in [1.165, 1.54) is 0 Å². The molecule has 41 heavy (non-hydrogen) atoms. The van der Waals surface area contributed by atoms with Gasteiger partial charge >= 0.3 is 17.9 Å². The van der Waals surface area contributed by atoms with Crippen molar-refractivity contribution in [3.63, 3.8) is 0 Å². The molecule has 3 aromatic rings. The van der Waals surface area contributed by atoms with Crippen LogP contribution in [-0.2, 0) is 20.9 Å². The van der Waals surface area contributed by atoms with Crippen LogP contribution in [0, 0.1) is 38.6 Å². The summed E-state index contributed by atoms with van der Waals surface area (Å²) in [4.78, 5) is 59.1. The predicted octanol–water partition coefficient (Wildman–Crippen LogP) is 0.317. The SMILES string of the molecule is O=C(O)CN1CCN(CC(=O)O)CCN(Cc2ccc3c(=O)c4ccccc4oc3n2)CCN(CC(=O)O)CC1.[Tb]. The Kier molecular flexibility index (Phi) is 12.5. The first-order chi connectivity index (χ1) is 19.2. The molecule has 0 spiro atoms. The Balaban J connectivity index is 0.00000462. The van der Waals surface area contributed by atoms with E-state index in [-0.39, 0.29) is 69.4 Å². The molecule has 1 aliphatic heterocycles. The van der Waals surface area contributed by atoms with E-state index < -0.39 is 17.9 Å². The summed E-state index contributed by atoms with van der Waals surface area (Å²) in [5.41, 5.74) is 1.17. The Morgan fingerprint density at radius 2 is 1.15 bits per heavy atom. The monoisotopic (exact) mass is 714 g/mol. The smallest absolute Gasteiger partial charge is 0.317 e. The summed E-state index contributed by atoms with van der Waals surface area (Å²) < 4.78 is 5.90.